The molecule has 1 unspecified atom stereocenters. The number of nitrogens with zero attached hydrogens (tertiary/aromatic N) is 2. The summed E-state index contributed by atoms with van der Waals surface area (Å²) in [6.45, 7) is 2.02. The largest absolute Gasteiger partial charge is 0.478 e. The summed E-state index contributed by atoms with van der Waals surface area (Å²) in [4.78, 5) is 43.5. The Labute approximate surface area is 248 Å². The molecule has 0 radical (unpaired) electrons. The number of amides is 2. The third-order valence-corrected chi connectivity index (χ3v) is 8.74. The number of nitrogens with one attached hydrogen (secondary N) is 2. The quantitative estimate of drug-likeness (QED) is 0.144. The third kappa shape index (κ3) is 6.76. The van der Waals surface area contributed by atoms with Gasteiger partial charge in [-0.1, -0.05) is 73.3 Å². The molecule has 0 saturated carbocycles. The summed E-state index contributed by atoms with van der Waals surface area (Å²) in [6, 6.07) is 26.7. The van der Waals surface area contributed by atoms with Gasteiger partial charge in [0.2, 0.25) is 16.2 Å². The molecule has 1 aromatic heterocycles. The van der Waals surface area contributed by atoms with Gasteiger partial charge in [0.15, 0.2) is 0 Å². The van der Waals surface area contributed by atoms with Crippen molar-refractivity contribution in [1.82, 2.24) is 9.36 Å². The highest BCUT2D eigenvalue weighted by Gasteiger charge is 2.24. The monoisotopic (exact) mass is 600 g/mol. The molecule has 5 rings (SSSR count). The maximum Gasteiger partial charge on any atom is 0.336 e. The highest BCUT2D eigenvalue weighted by atomic mass is 32.2. The van der Waals surface area contributed by atoms with Crippen LogP contribution in [0.5, 0.6) is 0 Å². The van der Waals surface area contributed by atoms with Gasteiger partial charge in [0.1, 0.15) is 5.25 Å². The van der Waals surface area contributed by atoms with Gasteiger partial charge in [0.05, 0.1) is 5.56 Å². The molecular weight excluding hydrogens is 577 g/mol. The van der Waals surface area contributed by atoms with Crippen molar-refractivity contribution < 1.29 is 19.5 Å². The lowest BCUT2D eigenvalue weighted by molar-refractivity contribution is -0.115. The fourth-order valence-corrected chi connectivity index (χ4v) is 6.48. The molecule has 0 aliphatic heterocycles. The van der Waals surface area contributed by atoms with E-state index in [1.807, 2.05) is 49.4 Å². The zero-order valence-electron chi connectivity index (χ0n) is 21.7. The van der Waals surface area contributed by atoms with Crippen LogP contribution in [0.3, 0.4) is 0 Å². The Bertz CT molecular complexity index is 1700. The van der Waals surface area contributed by atoms with Crippen molar-refractivity contribution in [3.05, 3.63) is 108 Å². The van der Waals surface area contributed by atoms with Gasteiger partial charge in [0, 0.05) is 33.1 Å². The molecule has 4 aromatic carbocycles. The van der Waals surface area contributed by atoms with Crippen LogP contribution in [0.2, 0.25) is 0 Å². The minimum Gasteiger partial charge on any atom is -0.478 e. The standard InChI is InChI=1S/C30H24N4O4S3/c1-2-39-30-33-29(41-34-30)32-27(36)25(19-8-4-3-5-9-19)40-21-16-14-20(15-17-21)31-26(35)22-12-6-10-18-11-7-13-23(24(18)22)28(37)38/h3-17,25H,2H2,1H3,(H,31,35)(H,37,38)(H,32,33,34,36). The van der Waals surface area contributed by atoms with Crippen molar-refractivity contribution in [2.45, 2.75) is 22.2 Å². The first-order chi connectivity index (χ1) is 19.9. The summed E-state index contributed by atoms with van der Waals surface area (Å²) in [5.74, 6) is -0.883. The number of aromatic carboxylic acids is 1. The van der Waals surface area contributed by atoms with Crippen molar-refractivity contribution >= 4 is 74.4 Å². The van der Waals surface area contributed by atoms with Crippen LogP contribution >= 0.6 is 35.1 Å². The van der Waals surface area contributed by atoms with Crippen molar-refractivity contribution in [2.75, 3.05) is 16.4 Å². The molecule has 0 aliphatic rings. The first kappa shape index (κ1) is 28.3. The van der Waals surface area contributed by atoms with Crippen LogP contribution in [0.1, 0.15) is 38.5 Å². The summed E-state index contributed by atoms with van der Waals surface area (Å²) in [5.41, 5.74) is 1.72. The molecule has 41 heavy (non-hydrogen) atoms. The van der Waals surface area contributed by atoms with Crippen molar-refractivity contribution in [1.29, 1.82) is 0 Å². The van der Waals surface area contributed by atoms with Crippen molar-refractivity contribution in [3.63, 3.8) is 0 Å². The zero-order chi connectivity index (χ0) is 28.8. The topological polar surface area (TPSA) is 121 Å². The molecular formula is C30H24N4O4S3. The highest BCUT2D eigenvalue weighted by Crippen LogP contribution is 2.37. The van der Waals surface area contributed by atoms with E-state index < -0.39 is 17.1 Å². The minimum absolute atomic E-state index is 0.0686. The van der Waals surface area contributed by atoms with Crippen LogP contribution in [-0.2, 0) is 4.79 Å². The molecule has 0 saturated heterocycles. The van der Waals surface area contributed by atoms with E-state index in [9.17, 15) is 19.5 Å². The molecule has 5 aromatic rings. The molecule has 2 amide bonds. The maximum atomic E-state index is 13.3. The number of rotatable bonds is 10. The number of fused-ring (bicyclic) bond motifs is 1. The summed E-state index contributed by atoms with van der Waals surface area (Å²) in [6.07, 6.45) is 0. The van der Waals surface area contributed by atoms with Crippen LogP contribution in [0, 0.1) is 0 Å². The second-order valence-electron chi connectivity index (χ2n) is 8.71. The van der Waals surface area contributed by atoms with E-state index in [0.717, 1.165) is 27.7 Å². The fourth-order valence-electron chi connectivity index (χ4n) is 4.18. The second kappa shape index (κ2) is 13.0. The number of aromatic nitrogens is 2. The predicted octanol–water partition coefficient (Wildman–Crippen LogP) is 7.23. The van der Waals surface area contributed by atoms with Crippen LogP contribution < -0.4 is 10.6 Å². The number of anilines is 2. The number of carbonyl (C=O) groups is 3. The molecule has 11 heteroatoms. The smallest absolute Gasteiger partial charge is 0.336 e. The number of hydrogen-bond acceptors (Lipinski definition) is 8. The van der Waals surface area contributed by atoms with Gasteiger partial charge < -0.3 is 10.4 Å². The Morgan fingerprint density at radius 3 is 2.27 bits per heavy atom. The number of carboxylic acids is 1. The Morgan fingerprint density at radius 1 is 0.878 bits per heavy atom. The minimum atomic E-state index is -1.10. The summed E-state index contributed by atoms with van der Waals surface area (Å²) in [5, 5.41) is 17.0. The van der Waals surface area contributed by atoms with E-state index in [1.54, 1.807) is 42.5 Å². The second-order valence-corrected chi connectivity index (χ2v) is 11.9. The lowest BCUT2D eigenvalue weighted by Gasteiger charge is -2.16. The van der Waals surface area contributed by atoms with Gasteiger partial charge in [-0.2, -0.15) is 9.36 Å². The lowest BCUT2D eigenvalue weighted by atomic mass is 9.98. The van der Waals surface area contributed by atoms with Gasteiger partial charge in [-0.25, -0.2) is 4.79 Å². The molecule has 206 valence electrons. The van der Waals surface area contributed by atoms with Crippen molar-refractivity contribution in [2.24, 2.45) is 0 Å². The van der Waals surface area contributed by atoms with Crippen LogP contribution in [0.4, 0.5) is 10.8 Å². The Morgan fingerprint density at radius 2 is 1.59 bits per heavy atom. The van der Waals surface area contributed by atoms with Crippen LogP contribution in [0.15, 0.2) is 101 Å². The lowest BCUT2D eigenvalue weighted by Crippen LogP contribution is -2.19. The van der Waals surface area contributed by atoms with Gasteiger partial charge in [-0.3, -0.25) is 14.9 Å². The number of carbonyl (C=O) groups excluding carboxylic acids is 2. The number of hydrogen-bond donors (Lipinski definition) is 3. The molecule has 0 aliphatic carbocycles. The van der Waals surface area contributed by atoms with Gasteiger partial charge in [-0.15, -0.1) is 11.8 Å². The number of benzene rings is 4. The number of carboxylic acid groups (broad SMARTS) is 1. The SMILES string of the molecule is CCSc1nsc(NC(=O)C(Sc2ccc(NC(=O)c3cccc4cccc(C(=O)O)c34)cc2)c2ccccc2)n1. The highest BCUT2D eigenvalue weighted by molar-refractivity contribution is 8.00. The summed E-state index contributed by atoms with van der Waals surface area (Å²) < 4.78 is 4.27. The van der Waals surface area contributed by atoms with Gasteiger partial charge in [-0.05, 0) is 53.1 Å². The van der Waals surface area contributed by atoms with Gasteiger partial charge in [0.25, 0.3) is 5.91 Å². The Kier molecular flexibility index (Phi) is 8.98. The molecule has 0 bridgehead atoms. The van der Waals surface area contributed by atoms with E-state index in [1.165, 1.54) is 29.6 Å². The Balaban J connectivity index is 1.33. The molecule has 0 fully saturated rings. The summed E-state index contributed by atoms with van der Waals surface area (Å²) >= 11 is 4.04. The van der Waals surface area contributed by atoms with E-state index in [4.69, 9.17) is 0 Å². The van der Waals surface area contributed by atoms with Crippen molar-refractivity contribution in [3.8, 4) is 0 Å². The van der Waals surface area contributed by atoms with Crippen LogP contribution in [0.25, 0.3) is 10.8 Å². The first-order valence-corrected chi connectivity index (χ1v) is 15.2. The molecule has 8 nitrogen and oxygen atoms in total. The maximum absolute atomic E-state index is 13.3. The molecule has 3 N–H and O–H groups in total. The Hall–Kier alpha value is -4.19. The van der Waals surface area contributed by atoms with E-state index in [-0.39, 0.29) is 17.0 Å². The first-order valence-electron chi connectivity index (χ1n) is 12.6. The zero-order valence-corrected chi connectivity index (χ0v) is 24.2. The average molecular weight is 601 g/mol. The van der Waals surface area contributed by atoms with Gasteiger partial charge >= 0.3 is 5.97 Å². The third-order valence-electron chi connectivity index (χ3n) is 6.00. The van der Waals surface area contributed by atoms with E-state index in [2.05, 4.69) is 20.0 Å². The fraction of sp³-hybridized carbons (Fsp3) is 0.100. The summed E-state index contributed by atoms with van der Waals surface area (Å²) in [7, 11) is 0. The predicted molar refractivity (Wildman–Crippen MR) is 165 cm³/mol. The van der Waals surface area contributed by atoms with E-state index in [0.29, 0.717) is 26.7 Å². The van der Waals surface area contributed by atoms with E-state index >= 15 is 0 Å². The normalized spacial score (nSPS) is 11.6. The molecule has 1 heterocycles. The van der Waals surface area contributed by atoms with Crippen LogP contribution in [-0.4, -0.2) is 38.0 Å². The molecule has 1 atom stereocenters. The molecule has 0 spiro atoms. The number of thioether (sulfide) groups is 2. The average Bonchev–Trinajstić information content (AvgIpc) is 3.43.